The molecule has 6 nitrogen and oxygen atoms in total. The van der Waals surface area contributed by atoms with E-state index < -0.39 is 21.9 Å². The molecule has 0 saturated heterocycles. The number of hydrogen-bond donors (Lipinski definition) is 2. The first-order chi connectivity index (χ1) is 7.91. The largest absolute Gasteiger partial charge is 0.469 e. The fraction of sp³-hybridized carbons (Fsp3) is 0.900. The first-order valence-corrected chi connectivity index (χ1v) is 7.39. The molecule has 0 aliphatic heterocycles. The number of nitrogens with one attached hydrogen (secondary N) is 1. The highest BCUT2D eigenvalue weighted by atomic mass is 32.2. The Morgan fingerprint density at radius 1 is 1.47 bits per heavy atom. The van der Waals surface area contributed by atoms with Gasteiger partial charge in [-0.1, -0.05) is 6.92 Å². The molecule has 0 aliphatic rings. The van der Waals surface area contributed by atoms with Crippen LogP contribution < -0.4 is 5.32 Å². The normalized spacial score (nSPS) is 13.4. The van der Waals surface area contributed by atoms with Gasteiger partial charge in [-0.2, -0.15) is 0 Å². The molecule has 0 rings (SSSR count). The van der Waals surface area contributed by atoms with Crippen molar-refractivity contribution in [3.63, 3.8) is 0 Å². The van der Waals surface area contributed by atoms with Crippen LogP contribution in [0.25, 0.3) is 0 Å². The zero-order valence-electron chi connectivity index (χ0n) is 10.3. The zero-order valence-corrected chi connectivity index (χ0v) is 11.1. The predicted molar refractivity (Wildman–Crippen MR) is 64.5 cm³/mol. The number of carbonyl (C=O) groups excluding carboxylic acids is 1. The Kier molecular flexibility index (Phi) is 8.11. The number of ether oxygens (including phenoxy) is 1. The quantitative estimate of drug-likeness (QED) is 0.425. The molecule has 0 heterocycles. The van der Waals surface area contributed by atoms with Crippen LogP contribution in [0.3, 0.4) is 0 Å². The van der Waals surface area contributed by atoms with Gasteiger partial charge in [0.15, 0.2) is 9.84 Å². The molecule has 0 aromatic heterocycles. The second-order valence-corrected chi connectivity index (χ2v) is 6.03. The van der Waals surface area contributed by atoms with E-state index in [0.29, 0.717) is 0 Å². The van der Waals surface area contributed by atoms with E-state index in [0.717, 1.165) is 13.0 Å². The Hall–Kier alpha value is -0.660. The minimum absolute atomic E-state index is 0.173. The van der Waals surface area contributed by atoms with Crippen molar-refractivity contribution in [3.05, 3.63) is 0 Å². The molecule has 1 atom stereocenters. The van der Waals surface area contributed by atoms with Gasteiger partial charge >= 0.3 is 5.97 Å². The standard InChI is InChI=1S/C10H21NO5S/c1-3-5-11-7-9(12)8-17(14,15)6-4-10(13)16-2/h9,11-12H,3-8H2,1-2H3. The Labute approximate surface area is 102 Å². The van der Waals surface area contributed by atoms with Gasteiger partial charge in [0, 0.05) is 6.54 Å². The molecular weight excluding hydrogens is 246 g/mol. The Bertz CT molecular complexity index is 315. The van der Waals surface area contributed by atoms with Gasteiger partial charge in [-0.15, -0.1) is 0 Å². The maximum atomic E-state index is 11.5. The number of sulfone groups is 1. The lowest BCUT2D eigenvalue weighted by Gasteiger charge is -2.11. The summed E-state index contributed by atoms with van der Waals surface area (Å²) in [5.74, 6) is -1.18. The molecule has 102 valence electrons. The average Bonchev–Trinajstić information content (AvgIpc) is 2.25. The van der Waals surface area contributed by atoms with Crippen LogP contribution in [0.1, 0.15) is 19.8 Å². The van der Waals surface area contributed by atoms with Crippen LogP contribution in [0.5, 0.6) is 0 Å². The number of hydrogen-bond acceptors (Lipinski definition) is 6. The first kappa shape index (κ1) is 16.3. The fourth-order valence-electron chi connectivity index (χ4n) is 1.22. The van der Waals surface area contributed by atoms with Crippen molar-refractivity contribution >= 4 is 15.8 Å². The average molecular weight is 267 g/mol. The van der Waals surface area contributed by atoms with Crippen LogP contribution in [-0.2, 0) is 19.4 Å². The molecule has 0 spiro atoms. The summed E-state index contributed by atoms with van der Waals surface area (Å²) in [6, 6.07) is 0. The minimum Gasteiger partial charge on any atom is -0.469 e. The second kappa shape index (κ2) is 8.43. The molecule has 2 N–H and O–H groups in total. The van der Waals surface area contributed by atoms with Crippen molar-refractivity contribution in [2.75, 3.05) is 31.7 Å². The molecule has 0 bridgehead atoms. The lowest BCUT2D eigenvalue weighted by atomic mass is 10.4. The first-order valence-electron chi connectivity index (χ1n) is 5.57. The van der Waals surface area contributed by atoms with Crippen LogP contribution in [-0.4, -0.2) is 57.3 Å². The molecule has 0 amide bonds. The summed E-state index contributed by atoms with van der Waals surface area (Å²) in [5, 5.41) is 12.4. The Morgan fingerprint density at radius 3 is 2.65 bits per heavy atom. The summed E-state index contributed by atoms with van der Waals surface area (Å²) in [5.41, 5.74) is 0. The van der Waals surface area contributed by atoms with Gasteiger partial charge in [-0.05, 0) is 13.0 Å². The molecule has 0 fully saturated rings. The van der Waals surface area contributed by atoms with Crippen LogP contribution in [0.15, 0.2) is 0 Å². The number of carbonyl (C=O) groups is 1. The molecule has 0 aliphatic carbocycles. The third-order valence-corrected chi connectivity index (χ3v) is 3.82. The van der Waals surface area contributed by atoms with Crippen molar-refractivity contribution < 1.29 is 23.1 Å². The number of esters is 1. The van der Waals surface area contributed by atoms with Crippen molar-refractivity contribution in [3.8, 4) is 0 Å². The fourth-order valence-corrected chi connectivity index (χ4v) is 2.57. The third-order valence-electron chi connectivity index (χ3n) is 2.10. The zero-order chi connectivity index (χ0) is 13.3. The summed E-state index contributed by atoms with van der Waals surface area (Å²) in [7, 11) is -2.21. The van der Waals surface area contributed by atoms with Gasteiger partial charge in [0.05, 0.1) is 31.1 Å². The molecule has 7 heteroatoms. The van der Waals surface area contributed by atoms with Crippen LogP contribution in [0, 0.1) is 0 Å². The number of rotatable bonds is 9. The summed E-state index contributed by atoms with van der Waals surface area (Å²) >= 11 is 0. The highest BCUT2D eigenvalue weighted by Gasteiger charge is 2.18. The summed E-state index contributed by atoms with van der Waals surface area (Å²) in [6.45, 7) is 2.96. The lowest BCUT2D eigenvalue weighted by Crippen LogP contribution is -2.33. The molecule has 1 unspecified atom stereocenters. The highest BCUT2D eigenvalue weighted by molar-refractivity contribution is 7.91. The summed E-state index contributed by atoms with van der Waals surface area (Å²) in [4.78, 5) is 10.8. The van der Waals surface area contributed by atoms with E-state index in [1.807, 2.05) is 6.92 Å². The van der Waals surface area contributed by atoms with E-state index in [4.69, 9.17) is 0 Å². The minimum atomic E-state index is -3.41. The topological polar surface area (TPSA) is 92.7 Å². The van der Waals surface area contributed by atoms with Gasteiger partial charge in [-0.25, -0.2) is 8.42 Å². The van der Waals surface area contributed by atoms with Gasteiger partial charge < -0.3 is 15.2 Å². The Balaban J connectivity index is 3.94. The van der Waals surface area contributed by atoms with E-state index in [2.05, 4.69) is 10.1 Å². The monoisotopic (exact) mass is 267 g/mol. The van der Waals surface area contributed by atoms with Gasteiger partial charge in [0.2, 0.25) is 0 Å². The van der Waals surface area contributed by atoms with E-state index in [9.17, 15) is 18.3 Å². The number of aliphatic hydroxyl groups excluding tert-OH is 1. The molecule has 17 heavy (non-hydrogen) atoms. The Morgan fingerprint density at radius 2 is 2.12 bits per heavy atom. The van der Waals surface area contributed by atoms with Crippen LogP contribution in [0.2, 0.25) is 0 Å². The van der Waals surface area contributed by atoms with Crippen molar-refractivity contribution in [1.82, 2.24) is 5.32 Å². The maximum absolute atomic E-state index is 11.5. The summed E-state index contributed by atoms with van der Waals surface area (Å²) < 4.78 is 27.3. The van der Waals surface area contributed by atoms with Crippen molar-refractivity contribution in [1.29, 1.82) is 0 Å². The van der Waals surface area contributed by atoms with Gasteiger partial charge in [0.1, 0.15) is 0 Å². The van der Waals surface area contributed by atoms with E-state index in [-0.39, 0.29) is 24.5 Å². The third kappa shape index (κ3) is 9.08. The number of methoxy groups -OCH3 is 1. The summed E-state index contributed by atoms with van der Waals surface area (Å²) in [6.07, 6.45) is -0.195. The van der Waals surface area contributed by atoms with Gasteiger partial charge in [-0.3, -0.25) is 4.79 Å². The highest BCUT2D eigenvalue weighted by Crippen LogP contribution is 1.99. The van der Waals surface area contributed by atoms with Crippen molar-refractivity contribution in [2.24, 2.45) is 0 Å². The molecule has 0 aromatic rings. The van der Waals surface area contributed by atoms with E-state index >= 15 is 0 Å². The lowest BCUT2D eigenvalue weighted by molar-refractivity contribution is -0.140. The SMILES string of the molecule is CCCNCC(O)CS(=O)(=O)CCC(=O)OC. The maximum Gasteiger partial charge on any atom is 0.306 e. The van der Waals surface area contributed by atoms with E-state index in [1.165, 1.54) is 7.11 Å². The predicted octanol–water partition coefficient (Wildman–Crippen LogP) is -0.675. The van der Waals surface area contributed by atoms with Crippen LogP contribution >= 0.6 is 0 Å². The second-order valence-electron chi connectivity index (χ2n) is 3.80. The van der Waals surface area contributed by atoms with Crippen molar-refractivity contribution in [2.45, 2.75) is 25.9 Å². The molecule has 0 saturated carbocycles. The molecule has 0 radical (unpaired) electrons. The van der Waals surface area contributed by atoms with Crippen LogP contribution in [0.4, 0.5) is 0 Å². The molecular formula is C10H21NO5S. The van der Waals surface area contributed by atoms with E-state index in [1.54, 1.807) is 0 Å². The smallest absolute Gasteiger partial charge is 0.306 e. The molecule has 0 aromatic carbocycles. The number of aliphatic hydroxyl groups is 1. The van der Waals surface area contributed by atoms with Gasteiger partial charge in [0.25, 0.3) is 0 Å².